The van der Waals surface area contributed by atoms with Gasteiger partial charge in [0.05, 0.1) is 4.34 Å². The van der Waals surface area contributed by atoms with Crippen molar-refractivity contribution in [2.24, 2.45) is 7.05 Å². The Hall–Kier alpha value is -1.85. The fourth-order valence-electron chi connectivity index (χ4n) is 1.99. The van der Waals surface area contributed by atoms with Gasteiger partial charge in [-0.3, -0.25) is 0 Å². The Morgan fingerprint density at radius 1 is 1.25 bits per heavy atom. The molecule has 0 aliphatic rings. The van der Waals surface area contributed by atoms with Crippen LogP contribution in [-0.4, -0.2) is 14.8 Å². The summed E-state index contributed by atoms with van der Waals surface area (Å²) in [6.07, 6.45) is 1.70. The first kappa shape index (κ1) is 13.1. The van der Waals surface area contributed by atoms with Gasteiger partial charge in [0, 0.05) is 29.7 Å². The third-order valence-corrected chi connectivity index (χ3v) is 4.19. The predicted molar refractivity (Wildman–Crippen MR) is 83.1 cm³/mol. The minimum Gasteiger partial charge on any atom is -0.380 e. The van der Waals surface area contributed by atoms with Gasteiger partial charge in [0.25, 0.3) is 0 Å². The topological polar surface area (TPSA) is 42.7 Å². The maximum absolute atomic E-state index is 5.94. The minimum atomic E-state index is 0.742. The van der Waals surface area contributed by atoms with Crippen LogP contribution < -0.4 is 5.32 Å². The summed E-state index contributed by atoms with van der Waals surface area (Å²) in [5.74, 6) is 0.845. The van der Waals surface area contributed by atoms with Crippen LogP contribution in [0.4, 0.5) is 5.69 Å². The molecule has 1 aromatic carbocycles. The van der Waals surface area contributed by atoms with Gasteiger partial charge in [-0.25, -0.2) is 0 Å². The van der Waals surface area contributed by atoms with Crippen LogP contribution in [0.3, 0.4) is 0 Å². The molecule has 0 fully saturated rings. The molecule has 0 aliphatic heterocycles. The maximum atomic E-state index is 5.94. The lowest BCUT2D eigenvalue weighted by Gasteiger charge is -2.10. The zero-order valence-electron chi connectivity index (χ0n) is 10.9. The Bertz CT molecular complexity index is 719. The SMILES string of the molecule is Cn1cnnc1-c1ccccc1NCc1ccc(Cl)s1. The van der Waals surface area contributed by atoms with Crippen molar-refractivity contribution in [3.8, 4) is 11.4 Å². The zero-order valence-corrected chi connectivity index (χ0v) is 12.4. The van der Waals surface area contributed by atoms with Crippen LogP contribution in [0.5, 0.6) is 0 Å². The van der Waals surface area contributed by atoms with Crippen LogP contribution in [0.25, 0.3) is 11.4 Å². The average Bonchev–Trinajstić information content (AvgIpc) is 3.05. The molecule has 0 unspecified atom stereocenters. The van der Waals surface area contributed by atoms with Gasteiger partial charge >= 0.3 is 0 Å². The van der Waals surface area contributed by atoms with E-state index in [1.807, 2.05) is 48.0 Å². The number of aromatic nitrogens is 3. The highest BCUT2D eigenvalue weighted by molar-refractivity contribution is 7.16. The zero-order chi connectivity index (χ0) is 13.9. The lowest BCUT2D eigenvalue weighted by molar-refractivity contribution is 0.919. The molecule has 0 saturated carbocycles. The molecule has 102 valence electrons. The number of hydrogen-bond donors (Lipinski definition) is 1. The van der Waals surface area contributed by atoms with Crippen molar-refractivity contribution in [1.29, 1.82) is 0 Å². The third-order valence-electron chi connectivity index (χ3n) is 2.96. The number of rotatable bonds is 4. The summed E-state index contributed by atoms with van der Waals surface area (Å²) in [6.45, 7) is 0.742. The number of para-hydroxylation sites is 1. The van der Waals surface area contributed by atoms with Gasteiger partial charge in [0.1, 0.15) is 6.33 Å². The standard InChI is InChI=1S/C14H13ClN4S/c1-19-9-17-18-14(19)11-4-2-3-5-12(11)16-8-10-6-7-13(15)20-10/h2-7,9,16H,8H2,1H3. The van der Waals surface area contributed by atoms with E-state index in [-0.39, 0.29) is 0 Å². The molecule has 2 aromatic heterocycles. The summed E-state index contributed by atoms with van der Waals surface area (Å²) in [5, 5.41) is 11.5. The monoisotopic (exact) mass is 304 g/mol. The first-order valence-corrected chi connectivity index (χ1v) is 7.35. The molecule has 0 aliphatic carbocycles. The summed E-state index contributed by atoms with van der Waals surface area (Å²) < 4.78 is 2.71. The molecule has 0 saturated heterocycles. The third kappa shape index (κ3) is 2.69. The maximum Gasteiger partial charge on any atom is 0.165 e. The van der Waals surface area contributed by atoms with Crippen molar-refractivity contribution in [3.05, 3.63) is 51.9 Å². The van der Waals surface area contributed by atoms with E-state index in [0.29, 0.717) is 0 Å². The summed E-state index contributed by atoms with van der Waals surface area (Å²) in [5.41, 5.74) is 2.07. The normalized spacial score (nSPS) is 10.7. The van der Waals surface area contributed by atoms with Gasteiger partial charge in [-0.05, 0) is 24.3 Å². The van der Waals surface area contributed by atoms with E-state index in [2.05, 4.69) is 15.5 Å². The van der Waals surface area contributed by atoms with Crippen molar-refractivity contribution < 1.29 is 0 Å². The van der Waals surface area contributed by atoms with Crippen LogP contribution in [-0.2, 0) is 13.6 Å². The summed E-state index contributed by atoms with van der Waals surface area (Å²) >= 11 is 7.53. The molecule has 3 aromatic rings. The van der Waals surface area contributed by atoms with E-state index in [1.165, 1.54) is 4.88 Å². The Balaban J connectivity index is 1.85. The van der Waals surface area contributed by atoms with Crippen LogP contribution in [0, 0.1) is 0 Å². The van der Waals surface area contributed by atoms with Gasteiger partial charge in [0.15, 0.2) is 5.82 Å². The van der Waals surface area contributed by atoms with E-state index in [1.54, 1.807) is 17.7 Å². The quantitative estimate of drug-likeness (QED) is 0.797. The molecule has 20 heavy (non-hydrogen) atoms. The Kier molecular flexibility index (Phi) is 3.71. The molecule has 0 atom stereocenters. The second-order valence-corrected chi connectivity index (χ2v) is 6.17. The first-order valence-electron chi connectivity index (χ1n) is 6.15. The molecule has 0 amide bonds. The molecule has 0 radical (unpaired) electrons. The molecule has 2 heterocycles. The minimum absolute atomic E-state index is 0.742. The van der Waals surface area contributed by atoms with E-state index < -0.39 is 0 Å². The molecule has 0 spiro atoms. The van der Waals surface area contributed by atoms with Crippen molar-refractivity contribution >= 4 is 28.6 Å². The highest BCUT2D eigenvalue weighted by Gasteiger charge is 2.09. The van der Waals surface area contributed by atoms with Gasteiger partial charge in [-0.15, -0.1) is 21.5 Å². The fraction of sp³-hybridized carbons (Fsp3) is 0.143. The van der Waals surface area contributed by atoms with E-state index in [4.69, 9.17) is 11.6 Å². The van der Waals surface area contributed by atoms with Gasteiger partial charge in [0.2, 0.25) is 0 Å². The van der Waals surface area contributed by atoms with Crippen LogP contribution >= 0.6 is 22.9 Å². The molecule has 6 heteroatoms. The van der Waals surface area contributed by atoms with Crippen LogP contribution in [0.1, 0.15) is 4.88 Å². The Morgan fingerprint density at radius 3 is 2.80 bits per heavy atom. The Labute approximate surface area is 126 Å². The smallest absolute Gasteiger partial charge is 0.165 e. The lowest BCUT2D eigenvalue weighted by atomic mass is 10.1. The molecule has 3 rings (SSSR count). The molecule has 4 nitrogen and oxygen atoms in total. The Morgan fingerprint density at radius 2 is 2.10 bits per heavy atom. The second kappa shape index (κ2) is 5.64. The summed E-state index contributed by atoms with van der Waals surface area (Å²) in [7, 11) is 1.94. The largest absolute Gasteiger partial charge is 0.380 e. The van der Waals surface area contributed by atoms with Gasteiger partial charge in [-0.1, -0.05) is 23.7 Å². The van der Waals surface area contributed by atoms with Crippen molar-refractivity contribution in [3.63, 3.8) is 0 Å². The van der Waals surface area contributed by atoms with Crippen LogP contribution in [0.15, 0.2) is 42.7 Å². The van der Waals surface area contributed by atoms with Crippen molar-refractivity contribution in [1.82, 2.24) is 14.8 Å². The van der Waals surface area contributed by atoms with E-state index in [9.17, 15) is 0 Å². The number of hydrogen-bond acceptors (Lipinski definition) is 4. The molecular formula is C14H13ClN4S. The second-order valence-electron chi connectivity index (χ2n) is 4.37. The van der Waals surface area contributed by atoms with Crippen molar-refractivity contribution in [2.45, 2.75) is 6.54 Å². The number of aryl methyl sites for hydroxylation is 1. The number of benzene rings is 1. The number of nitrogens with zero attached hydrogens (tertiary/aromatic N) is 3. The summed E-state index contributed by atoms with van der Waals surface area (Å²) in [4.78, 5) is 1.20. The number of nitrogens with one attached hydrogen (secondary N) is 1. The van der Waals surface area contributed by atoms with Gasteiger partial charge in [-0.2, -0.15) is 0 Å². The molecular weight excluding hydrogens is 292 g/mol. The highest BCUT2D eigenvalue weighted by Crippen LogP contribution is 2.27. The fourth-order valence-corrected chi connectivity index (χ4v) is 3.02. The average molecular weight is 305 g/mol. The predicted octanol–water partition coefficient (Wildman–Crippen LogP) is 3.81. The highest BCUT2D eigenvalue weighted by atomic mass is 35.5. The number of halogens is 1. The van der Waals surface area contributed by atoms with Crippen LogP contribution in [0.2, 0.25) is 4.34 Å². The summed E-state index contributed by atoms with van der Waals surface area (Å²) in [6, 6.07) is 12.0. The van der Waals surface area contributed by atoms with E-state index in [0.717, 1.165) is 28.0 Å². The lowest BCUT2D eigenvalue weighted by Crippen LogP contribution is -2.01. The number of thiophene rings is 1. The molecule has 0 bridgehead atoms. The first-order chi connectivity index (χ1) is 9.74. The van der Waals surface area contributed by atoms with Gasteiger partial charge < -0.3 is 9.88 Å². The number of anilines is 1. The molecule has 1 N–H and O–H groups in total. The van der Waals surface area contributed by atoms with Crippen molar-refractivity contribution in [2.75, 3.05) is 5.32 Å². The van der Waals surface area contributed by atoms with E-state index >= 15 is 0 Å².